The quantitative estimate of drug-likeness (QED) is 0.759. The molecule has 3 nitrogen and oxygen atoms in total. The largest absolute Gasteiger partial charge is 0.355 e. The van der Waals surface area contributed by atoms with Crippen LogP contribution in [0.3, 0.4) is 0 Å². The van der Waals surface area contributed by atoms with E-state index in [9.17, 15) is 4.79 Å². The van der Waals surface area contributed by atoms with E-state index < -0.39 is 0 Å². The van der Waals surface area contributed by atoms with Crippen LogP contribution >= 0.6 is 35.0 Å². The number of amides is 1. The van der Waals surface area contributed by atoms with Gasteiger partial charge in [0.15, 0.2) is 0 Å². The normalized spacial score (nSPS) is 21.6. The zero-order chi connectivity index (χ0) is 15.9. The van der Waals surface area contributed by atoms with Gasteiger partial charge in [0.25, 0.3) is 0 Å². The van der Waals surface area contributed by atoms with E-state index in [-0.39, 0.29) is 11.8 Å². The van der Waals surface area contributed by atoms with E-state index in [2.05, 4.69) is 17.6 Å². The Bertz CT molecular complexity index is 513. The lowest BCUT2D eigenvalue weighted by atomic mass is 9.92. The Hall–Kier alpha value is -0.420. The zero-order valence-electron chi connectivity index (χ0n) is 12.7. The van der Waals surface area contributed by atoms with Crippen LogP contribution in [0.25, 0.3) is 0 Å². The predicted molar refractivity (Wildman–Crippen MR) is 95.8 cm³/mol. The first-order chi connectivity index (χ1) is 10.6. The molecule has 1 fully saturated rings. The van der Waals surface area contributed by atoms with Gasteiger partial charge >= 0.3 is 0 Å². The summed E-state index contributed by atoms with van der Waals surface area (Å²) in [6.45, 7) is 3.77. The van der Waals surface area contributed by atoms with Crippen molar-refractivity contribution in [1.82, 2.24) is 10.6 Å². The first kappa shape index (κ1) is 17.9. The van der Waals surface area contributed by atoms with Crippen LogP contribution in [-0.2, 0) is 10.5 Å². The average Bonchev–Trinajstić information content (AvgIpc) is 2.48. The highest BCUT2D eigenvalue weighted by atomic mass is 35.5. The van der Waals surface area contributed by atoms with E-state index in [0.29, 0.717) is 22.6 Å². The van der Waals surface area contributed by atoms with Crippen molar-refractivity contribution in [1.29, 1.82) is 0 Å². The molecule has 1 aliphatic rings. The maximum Gasteiger partial charge on any atom is 0.223 e. The van der Waals surface area contributed by atoms with Gasteiger partial charge in [-0.15, -0.1) is 0 Å². The molecule has 0 spiro atoms. The van der Waals surface area contributed by atoms with Crippen molar-refractivity contribution < 1.29 is 4.79 Å². The molecule has 22 heavy (non-hydrogen) atoms. The first-order valence-electron chi connectivity index (χ1n) is 7.59. The van der Waals surface area contributed by atoms with Crippen molar-refractivity contribution in [2.45, 2.75) is 31.6 Å². The summed E-state index contributed by atoms with van der Waals surface area (Å²) in [5, 5.41) is 7.76. The molecule has 2 atom stereocenters. The number of rotatable bonds is 6. The summed E-state index contributed by atoms with van der Waals surface area (Å²) in [6.07, 6.45) is 1.86. The molecule has 2 rings (SSSR count). The molecule has 1 aromatic carbocycles. The SMILES string of the molecule is C[C@H]1C[C@@H](C(=O)NCCSCc2ccc(Cl)cc2Cl)CCN1. The van der Waals surface area contributed by atoms with E-state index in [0.717, 1.165) is 36.5 Å². The number of hydrogen-bond acceptors (Lipinski definition) is 3. The molecule has 0 saturated carbocycles. The van der Waals surface area contributed by atoms with Gasteiger partial charge in [-0.1, -0.05) is 29.3 Å². The van der Waals surface area contributed by atoms with E-state index in [1.165, 1.54) is 0 Å². The van der Waals surface area contributed by atoms with Crippen molar-refractivity contribution in [3.63, 3.8) is 0 Å². The second kappa shape index (κ2) is 9.02. The average molecular weight is 361 g/mol. The van der Waals surface area contributed by atoms with Crippen LogP contribution in [0.2, 0.25) is 10.0 Å². The Morgan fingerprint density at radius 1 is 1.45 bits per heavy atom. The maximum atomic E-state index is 12.1. The number of benzene rings is 1. The summed E-state index contributed by atoms with van der Waals surface area (Å²) < 4.78 is 0. The summed E-state index contributed by atoms with van der Waals surface area (Å²) in [4.78, 5) is 12.1. The summed E-state index contributed by atoms with van der Waals surface area (Å²) in [7, 11) is 0. The molecule has 1 heterocycles. The number of thioether (sulfide) groups is 1. The van der Waals surface area contributed by atoms with Crippen molar-refractivity contribution in [2.24, 2.45) is 5.92 Å². The van der Waals surface area contributed by atoms with E-state index in [1.807, 2.05) is 12.1 Å². The smallest absolute Gasteiger partial charge is 0.223 e. The van der Waals surface area contributed by atoms with Crippen LogP contribution in [0.4, 0.5) is 0 Å². The standard InChI is InChI=1S/C16H22Cl2N2OS/c1-11-8-12(4-5-19-11)16(21)20-6-7-22-10-13-2-3-14(17)9-15(13)18/h2-3,9,11-12,19H,4-8,10H2,1H3,(H,20,21)/t11-,12-/m0/s1. The molecule has 0 radical (unpaired) electrons. The van der Waals surface area contributed by atoms with Crippen LogP contribution in [0.15, 0.2) is 18.2 Å². The Morgan fingerprint density at radius 3 is 3.00 bits per heavy atom. The maximum absolute atomic E-state index is 12.1. The number of hydrogen-bond donors (Lipinski definition) is 2. The molecule has 1 amide bonds. The molecule has 2 N–H and O–H groups in total. The third-order valence-electron chi connectivity index (χ3n) is 3.81. The molecule has 0 aliphatic carbocycles. The lowest BCUT2D eigenvalue weighted by Crippen LogP contribution is -2.42. The lowest BCUT2D eigenvalue weighted by molar-refractivity contribution is -0.125. The van der Waals surface area contributed by atoms with Crippen LogP contribution in [0.1, 0.15) is 25.3 Å². The molecule has 6 heteroatoms. The molecule has 0 bridgehead atoms. The third kappa shape index (κ3) is 5.65. The van der Waals surface area contributed by atoms with Gasteiger partial charge in [-0.05, 0) is 44.0 Å². The minimum atomic E-state index is 0.159. The molecule has 0 aromatic heterocycles. The number of halogens is 2. The van der Waals surface area contributed by atoms with Crippen molar-refractivity contribution in [3.05, 3.63) is 33.8 Å². The Morgan fingerprint density at radius 2 is 2.27 bits per heavy atom. The van der Waals surface area contributed by atoms with Gasteiger partial charge in [-0.2, -0.15) is 11.8 Å². The summed E-state index contributed by atoms with van der Waals surface area (Å²) in [6, 6.07) is 6.00. The van der Waals surface area contributed by atoms with Crippen molar-refractivity contribution in [3.8, 4) is 0 Å². The van der Waals surface area contributed by atoms with Crippen molar-refractivity contribution in [2.75, 3.05) is 18.8 Å². The van der Waals surface area contributed by atoms with E-state index in [4.69, 9.17) is 23.2 Å². The van der Waals surface area contributed by atoms with E-state index in [1.54, 1.807) is 17.8 Å². The fourth-order valence-electron chi connectivity index (χ4n) is 2.58. The second-order valence-electron chi connectivity index (χ2n) is 5.66. The molecule has 0 unspecified atom stereocenters. The van der Waals surface area contributed by atoms with Gasteiger partial charge in [0, 0.05) is 40.1 Å². The molecular weight excluding hydrogens is 339 g/mol. The van der Waals surface area contributed by atoms with Gasteiger partial charge in [0.2, 0.25) is 5.91 Å². The molecular formula is C16H22Cl2N2OS. The number of carbonyl (C=O) groups excluding carboxylic acids is 1. The molecule has 1 aromatic rings. The van der Waals surface area contributed by atoms with E-state index >= 15 is 0 Å². The van der Waals surface area contributed by atoms with Gasteiger partial charge < -0.3 is 10.6 Å². The molecule has 122 valence electrons. The topological polar surface area (TPSA) is 41.1 Å². The van der Waals surface area contributed by atoms with Gasteiger partial charge in [0.1, 0.15) is 0 Å². The highest BCUT2D eigenvalue weighted by Gasteiger charge is 2.24. The highest BCUT2D eigenvalue weighted by molar-refractivity contribution is 7.98. The van der Waals surface area contributed by atoms with Crippen LogP contribution in [0.5, 0.6) is 0 Å². The van der Waals surface area contributed by atoms with Crippen LogP contribution < -0.4 is 10.6 Å². The van der Waals surface area contributed by atoms with Gasteiger partial charge in [-0.3, -0.25) is 4.79 Å². The number of carbonyl (C=O) groups is 1. The number of nitrogens with one attached hydrogen (secondary N) is 2. The summed E-state index contributed by atoms with van der Waals surface area (Å²) >= 11 is 13.8. The third-order valence-corrected chi connectivity index (χ3v) is 5.41. The highest BCUT2D eigenvalue weighted by Crippen LogP contribution is 2.24. The Kier molecular flexibility index (Phi) is 7.35. The fourth-order valence-corrected chi connectivity index (χ4v) is 4.00. The molecule has 1 aliphatic heterocycles. The Balaban J connectivity index is 1.63. The molecule has 1 saturated heterocycles. The summed E-state index contributed by atoms with van der Waals surface area (Å²) in [5.74, 6) is 2.06. The predicted octanol–water partition coefficient (Wildman–Crippen LogP) is 3.73. The fraction of sp³-hybridized carbons (Fsp3) is 0.562. The van der Waals surface area contributed by atoms with Crippen LogP contribution in [-0.4, -0.2) is 30.8 Å². The minimum absolute atomic E-state index is 0.159. The van der Waals surface area contributed by atoms with Crippen molar-refractivity contribution >= 4 is 40.9 Å². The zero-order valence-corrected chi connectivity index (χ0v) is 15.0. The summed E-state index contributed by atoms with van der Waals surface area (Å²) in [5.41, 5.74) is 1.08. The minimum Gasteiger partial charge on any atom is -0.355 e. The second-order valence-corrected chi connectivity index (χ2v) is 7.60. The Labute approximate surface area is 146 Å². The monoisotopic (exact) mass is 360 g/mol. The van der Waals surface area contributed by atoms with Gasteiger partial charge in [0.05, 0.1) is 0 Å². The first-order valence-corrected chi connectivity index (χ1v) is 9.50. The lowest BCUT2D eigenvalue weighted by Gasteiger charge is -2.27. The van der Waals surface area contributed by atoms with Crippen LogP contribution in [0, 0.1) is 5.92 Å². The number of piperidine rings is 1. The van der Waals surface area contributed by atoms with Gasteiger partial charge in [-0.25, -0.2) is 0 Å².